The molecule has 0 fully saturated rings. The van der Waals surface area contributed by atoms with Crippen molar-refractivity contribution in [1.29, 1.82) is 0 Å². The van der Waals surface area contributed by atoms with Crippen LogP contribution in [0, 0.1) is 0 Å². The van der Waals surface area contributed by atoms with Gasteiger partial charge in [-0.25, -0.2) is 9.59 Å². The van der Waals surface area contributed by atoms with Gasteiger partial charge >= 0.3 is 12.1 Å². The molecular formula is C24H30N2O6. The predicted molar refractivity (Wildman–Crippen MR) is 119 cm³/mol. The second kappa shape index (κ2) is 13.7. The highest BCUT2D eigenvalue weighted by atomic mass is 16.5. The SMILES string of the molecule is COc1ccc(C[C@@H](NC(=O)CCCCCNC(=O)OCc2ccccc2)C(=O)O)cc1. The number of benzene rings is 2. The summed E-state index contributed by atoms with van der Waals surface area (Å²) in [5.74, 6) is -0.697. The molecule has 1 atom stereocenters. The first-order valence-electron chi connectivity index (χ1n) is 10.6. The molecule has 0 saturated carbocycles. The molecule has 0 aliphatic carbocycles. The first-order chi connectivity index (χ1) is 15.5. The number of unbranched alkanes of at least 4 members (excludes halogenated alkanes) is 2. The molecule has 0 unspecified atom stereocenters. The van der Waals surface area contributed by atoms with Gasteiger partial charge in [0.1, 0.15) is 18.4 Å². The molecule has 0 aromatic heterocycles. The lowest BCUT2D eigenvalue weighted by Gasteiger charge is -2.15. The van der Waals surface area contributed by atoms with Crippen LogP contribution in [0.15, 0.2) is 54.6 Å². The molecule has 0 bridgehead atoms. The maximum Gasteiger partial charge on any atom is 0.407 e. The smallest absolute Gasteiger partial charge is 0.407 e. The topological polar surface area (TPSA) is 114 Å². The van der Waals surface area contributed by atoms with Crippen LogP contribution in [0.3, 0.4) is 0 Å². The van der Waals surface area contributed by atoms with Crippen molar-refractivity contribution in [2.24, 2.45) is 0 Å². The van der Waals surface area contributed by atoms with Gasteiger partial charge in [0.05, 0.1) is 7.11 Å². The van der Waals surface area contributed by atoms with E-state index in [2.05, 4.69) is 10.6 Å². The third-order valence-electron chi connectivity index (χ3n) is 4.79. The molecule has 2 aromatic carbocycles. The Labute approximate surface area is 187 Å². The Balaban J connectivity index is 1.58. The van der Waals surface area contributed by atoms with Crippen LogP contribution in [0.1, 0.15) is 36.8 Å². The minimum absolute atomic E-state index is 0.195. The average Bonchev–Trinajstić information content (AvgIpc) is 2.80. The lowest BCUT2D eigenvalue weighted by molar-refractivity contribution is -0.141. The Kier molecular flexibility index (Phi) is 10.6. The average molecular weight is 443 g/mol. The molecule has 8 heteroatoms. The Morgan fingerprint density at radius 2 is 1.66 bits per heavy atom. The second-order valence-electron chi connectivity index (χ2n) is 7.31. The van der Waals surface area contributed by atoms with E-state index >= 15 is 0 Å². The van der Waals surface area contributed by atoms with Crippen LogP contribution in [-0.2, 0) is 27.4 Å². The normalized spacial score (nSPS) is 11.3. The number of amides is 2. The highest BCUT2D eigenvalue weighted by molar-refractivity contribution is 5.83. The van der Waals surface area contributed by atoms with E-state index in [1.54, 1.807) is 31.4 Å². The molecule has 8 nitrogen and oxygen atoms in total. The van der Waals surface area contributed by atoms with Crippen LogP contribution >= 0.6 is 0 Å². The van der Waals surface area contributed by atoms with Crippen molar-refractivity contribution in [3.05, 3.63) is 65.7 Å². The Morgan fingerprint density at radius 3 is 2.31 bits per heavy atom. The summed E-state index contributed by atoms with van der Waals surface area (Å²) < 4.78 is 10.2. The number of carboxylic acids is 1. The lowest BCUT2D eigenvalue weighted by Crippen LogP contribution is -2.42. The summed E-state index contributed by atoms with van der Waals surface area (Å²) in [6.07, 6.45) is 1.96. The van der Waals surface area contributed by atoms with Gasteiger partial charge in [-0.05, 0) is 36.1 Å². The summed E-state index contributed by atoms with van der Waals surface area (Å²) in [4.78, 5) is 35.3. The number of carbonyl (C=O) groups is 3. The fourth-order valence-corrected chi connectivity index (χ4v) is 3.02. The Morgan fingerprint density at radius 1 is 0.938 bits per heavy atom. The van der Waals surface area contributed by atoms with Crippen LogP contribution in [0.4, 0.5) is 4.79 Å². The summed E-state index contributed by atoms with van der Waals surface area (Å²) >= 11 is 0. The van der Waals surface area contributed by atoms with E-state index in [0.717, 1.165) is 17.5 Å². The molecule has 0 radical (unpaired) electrons. The zero-order chi connectivity index (χ0) is 23.2. The largest absolute Gasteiger partial charge is 0.497 e. The van der Waals surface area contributed by atoms with E-state index in [4.69, 9.17) is 9.47 Å². The fraction of sp³-hybridized carbons (Fsp3) is 0.375. The van der Waals surface area contributed by atoms with Gasteiger partial charge in [-0.2, -0.15) is 0 Å². The van der Waals surface area contributed by atoms with Crippen molar-refractivity contribution in [3.63, 3.8) is 0 Å². The zero-order valence-corrected chi connectivity index (χ0v) is 18.2. The Hall–Kier alpha value is -3.55. The van der Waals surface area contributed by atoms with Crippen molar-refractivity contribution in [3.8, 4) is 5.75 Å². The van der Waals surface area contributed by atoms with Crippen LogP contribution < -0.4 is 15.4 Å². The minimum Gasteiger partial charge on any atom is -0.497 e. The molecule has 0 spiro atoms. The molecule has 0 saturated heterocycles. The number of nitrogens with one attached hydrogen (secondary N) is 2. The number of carbonyl (C=O) groups excluding carboxylic acids is 2. The van der Waals surface area contributed by atoms with Crippen LogP contribution in [0.5, 0.6) is 5.75 Å². The van der Waals surface area contributed by atoms with E-state index in [9.17, 15) is 19.5 Å². The van der Waals surface area contributed by atoms with Crippen molar-refractivity contribution in [2.45, 2.75) is 44.8 Å². The summed E-state index contributed by atoms with van der Waals surface area (Å²) in [5, 5.41) is 14.7. The van der Waals surface area contributed by atoms with Gasteiger partial charge < -0.3 is 25.2 Å². The molecule has 0 aliphatic heterocycles. The van der Waals surface area contributed by atoms with Crippen LogP contribution in [0.2, 0.25) is 0 Å². The maximum absolute atomic E-state index is 12.1. The standard InChI is InChI=1S/C24H30N2O6/c1-31-20-13-11-18(12-14-20)16-21(23(28)29)26-22(27)10-6-3-7-15-25-24(30)32-17-19-8-4-2-5-9-19/h2,4-5,8-9,11-14,21H,3,6-7,10,15-17H2,1H3,(H,25,30)(H,26,27)(H,28,29)/t21-/m1/s1. The molecule has 2 aromatic rings. The second-order valence-corrected chi connectivity index (χ2v) is 7.31. The number of methoxy groups -OCH3 is 1. The third-order valence-corrected chi connectivity index (χ3v) is 4.79. The first-order valence-corrected chi connectivity index (χ1v) is 10.6. The van der Waals surface area contributed by atoms with Crippen molar-refractivity contribution < 1.29 is 29.0 Å². The molecular weight excluding hydrogens is 412 g/mol. The van der Waals surface area contributed by atoms with E-state index < -0.39 is 18.1 Å². The number of carboxylic acid groups (broad SMARTS) is 1. The quantitative estimate of drug-likeness (QED) is 0.410. The maximum atomic E-state index is 12.1. The molecule has 32 heavy (non-hydrogen) atoms. The summed E-state index contributed by atoms with van der Waals surface area (Å²) in [6.45, 7) is 0.665. The highest BCUT2D eigenvalue weighted by Crippen LogP contribution is 2.13. The number of ether oxygens (including phenoxy) is 2. The number of rotatable bonds is 13. The Bertz CT molecular complexity index is 855. The van der Waals surface area contributed by atoms with Crippen molar-refractivity contribution in [1.82, 2.24) is 10.6 Å². The van der Waals surface area contributed by atoms with Crippen molar-refractivity contribution >= 4 is 18.0 Å². The first kappa shape index (κ1) is 24.7. The number of hydrogen-bond acceptors (Lipinski definition) is 5. The molecule has 3 N–H and O–H groups in total. The van der Waals surface area contributed by atoms with E-state index in [0.29, 0.717) is 25.1 Å². The lowest BCUT2D eigenvalue weighted by atomic mass is 10.1. The van der Waals surface area contributed by atoms with Gasteiger partial charge in [0.2, 0.25) is 5.91 Å². The van der Waals surface area contributed by atoms with Gasteiger partial charge in [-0.1, -0.05) is 48.9 Å². The van der Waals surface area contributed by atoms with Crippen molar-refractivity contribution in [2.75, 3.05) is 13.7 Å². The monoisotopic (exact) mass is 442 g/mol. The number of alkyl carbamates (subject to hydrolysis) is 1. The van der Waals surface area contributed by atoms with Crippen LogP contribution in [0.25, 0.3) is 0 Å². The summed E-state index contributed by atoms with van der Waals surface area (Å²) in [5.41, 5.74) is 1.71. The third kappa shape index (κ3) is 9.51. The van der Waals surface area contributed by atoms with Gasteiger partial charge in [0, 0.05) is 19.4 Å². The number of aliphatic carboxylic acids is 1. The molecule has 172 valence electrons. The minimum atomic E-state index is -1.08. The van der Waals surface area contributed by atoms with Gasteiger partial charge in [0.25, 0.3) is 0 Å². The van der Waals surface area contributed by atoms with Gasteiger partial charge in [0.15, 0.2) is 0 Å². The predicted octanol–water partition coefficient (Wildman–Crippen LogP) is 3.29. The molecule has 2 rings (SSSR count). The van der Waals surface area contributed by atoms with E-state index in [-0.39, 0.29) is 25.4 Å². The van der Waals surface area contributed by atoms with Gasteiger partial charge in [-0.3, -0.25) is 4.79 Å². The molecule has 0 aliphatic rings. The van der Waals surface area contributed by atoms with Gasteiger partial charge in [-0.15, -0.1) is 0 Å². The van der Waals surface area contributed by atoms with Crippen LogP contribution in [-0.4, -0.2) is 42.8 Å². The van der Waals surface area contributed by atoms with E-state index in [1.165, 1.54) is 0 Å². The highest BCUT2D eigenvalue weighted by Gasteiger charge is 2.20. The molecule has 0 heterocycles. The summed E-state index contributed by atoms with van der Waals surface area (Å²) in [7, 11) is 1.56. The number of hydrogen-bond donors (Lipinski definition) is 3. The van der Waals surface area contributed by atoms with E-state index in [1.807, 2.05) is 30.3 Å². The summed E-state index contributed by atoms with van der Waals surface area (Å²) in [6, 6.07) is 15.5. The fourth-order valence-electron chi connectivity index (χ4n) is 3.02. The molecule has 2 amide bonds. The zero-order valence-electron chi connectivity index (χ0n) is 18.2.